The first kappa shape index (κ1) is 22.8. The second kappa shape index (κ2) is 9.22. The molecule has 0 fully saturated rings. The lowest BCUT2D eigenvalue weighted by Crippen LogP contribution is -2.47. The smallest absolute Gasteiger partial charge is 0.311 e. The molecule has 2 aliphatic rings. The van der Waals surface area contributed by atoms with Crippen LogP contribution < -0.4 is 15.5 Å². The van der Waals surface area contributed by atoms with Gasteiger partial charge < -0.3 is 15.5 Å². The van der Waals surface area contributed by atoms with Crippen LogP contribution in [0.3, 0.4) is 0 Å². The average molecular weight is 445 g/mol. The van der Waals surface area contributed by atoms with Crippen LogP contribution in [0.2, 0.25) is 0 Å². The van der Waals surface area contributed by atoms with Crippen LogP contribution in [0.4, 0.5) is 16.2 Å². The van der Waals surface area contributed by atoms with Gasteiger partial charge in [0.15, 0.2) is 0 Å². The van der Waals surface area contributed by atoms with Crippen LogP contribution in [0, 0.1) is 5.92 Å². The topological polar surface area (TPSA) is 73.8 Å². The van der Waals surface area contributed by atoms with E-state index in [2.05, 4.69) is 43.6 Å². The maximum Gasteiger partial charge on any atom is 0.321 e. The number of fused-ring (bicyclic) bond motifs is 1. The van der Waals surface area contributed by atoms with E-state index in [1.165, 1.54) is 5.56 Å². The molecule has 4 rings (SSSR count). The summed E-state index contributed by atoms with van der Waals surface area (Å²) in [5.74, 6) is -0.0465. The third kappa shape index (κ3) is 5.00. The van der Waals surface area contributed by atoms with Crippen molar-refractivity contribution in [2.45, 2.75) is 51.6 Å². The van der Waals surface area contributed by atoms with Crippen molar-refractivity contribution in [1.82, 2.24) is 5.32 Å². The van der Waals surface area contributed by atoms with Gasteiger partial charge in [-0.2, -0.15) is 0 Å². The number of hydrogen-bond donors (Lipinski definition) is 2. The number of rotatable bonds is 3. The molecule has 0 bridgehead atoms. The predicted molar refractivity (Wildman–Crippen MR) is 134 cm³/mol. The molecule has 0 aromatic heterocycles. The standard InChI is InChI=1S/C27H32N4O2/c1-27(2,3)19-14-16-20(17-15-19)28-26(33)30-24-25(32)31(4)22-13-9-8-12-21(22)23(29-24)18-10-6-5-7-11-18/h5-6,8-9,12-18,24H,7,10-11H2,1-4H3,(H2,28,30,33). The van der Waals surface area contributed by atoms with Crippen LogP contribution in [0.15, 0.2) is 65.7 Å². The van der Waals surface area contributed by atoms with Gasteiger partial charge in [0, 0.05) is 24.2 Å². The van der Waals surface area contributed by atoms with Gasteiger partial charge in [-0.25, -0.2) is 4.79 Å². The number of aliphatic imine (C=N–C) groups is 1. The zero-order chi connectivity index (χ0) is 23.6. The lowest BCUT2D eigenvalue weighted by molar-refractivity contribution is -0.119. The Balaban J connectivity index is 1.58. The van der Waals surface area contributed by atoms with Crippen molar-refractivity contribution in [2.75, 3.05) is 17.3 Å². The molecule has 0 saturated heterocycles. The maximum atomic E-state index is 13.2. The number of amides is 3. The maximum absolute atomic E-state index is 13.2. The van der Waals surface area contributed by atoms with Gasteiger partial charge in [0.2, 0.25) is 6.17 Å². The number of anilines is 2. The summed E-state index contributed by atoms with van der Waals surface area (Å²) in [5.41, 5.74) is 4.54. The Morgan fingerprint density at radius 3 is 2.45 bits per heavy atom. The highest BCUT2D eigenvalue weighted by Crippen LogP contribution is 2.31. The van der Waals surface area contributed by atoms with Crippen molar-refractivity contribution in [3.8, 4) is 0 Å². The number of likely N-dealkylation sites (N-methyl/N-ethyl adjacent to an activating group) is 1. The van der Waals surface area contributed by atoms with E-state index < -0.39 is 12.2 Å². The summed E-state index contributed by atoms with van der Waals surface area (Å²) < 4.78 is 0. The summed E-state index contributed by atoms with van der Waals surface area (Å²) in [6, 6.07) is 15.1. The molecule has 172 valence electrons. The second-order valence-corrected chi connectivity index (χ2v) is 9.74. The molecule has 0 spiro atoms. The number of nitrogens with one attached hydrogen (secondary N) is 2. The van der Waals surface area contributed by atoms with Gasteiger partial charge in [-0.1, -0.05) is 63.3 Å². The second-order valence-electron chi connectivity index (χ2n) is 9.74. The van der Waals surface area contributed by atoms with Crippen molar-refractivity contribution >= 4 is 29.0 Å². The number of hydrogen-bond acceptors (Lipinski definition) is 3. The quantitative estimate of drug-likeness (QED) is 0.634. The van der Waals surface area contributed by atoms with Crippen molar-refractivity contribution in [3.05, 3.63) is 71.8 Å². The van der Waals surface area contributed by atoms with E-state index in [0.717, 1.165) is 36.2 Å². The van der Waals surface area contributed by atoms with Crippen LogP contribution in [0.1, 0.15) is 51.2 Å². The highest BCUT2D eigenvalue weighted by Gasteiger charge is 2.33. The minimum Gasteiger partial charge on any atom is -0.311 e. The zero-order valence-electron chi connectivity index (χ0n) is 19.8. The fourth-order valence-electron chi connectivity index (χ4n) is 4.35. The van der Waals surface area contributed by atoms with E-state index >= 15 is 0 Å². The van der Waals surface area contributed by atoms with Gasteiger partial charge in [0.25, 0.3) is 5.91 Å². The van der Waals surface area contributed by atoms with Crippen molar-refractivity contribution < 1.29 is 9.59 Å². The van der Waals surface area contributed by atoms with E-state index in [1.807, 2.05) is 48.5 Å². The van der Waals surface area contributed by atoms with Crippen molar-refractivity contribution in [3.63, 3.8) is 0 Å². The Hall–Kier alpha value is -3.41. The Morgan fingerprint density at radius 1 is 1.06 bits per heavy atom. The lowest BCUT2D eigenvalue weighted by atomic mass is 9.86. The van der Waals surface area contributed by atoms with Crippen LogP contribution in [-0.2, 0) is 10.2 Å². The van der Waals surface area contributed by atoms with Crippen molar-refractivity contribution in [1.29, 1.82) is 0 Å². The number of urea groups is 1. The molecule has 2 N–H and O–H groups in total. The third-order valence-electron chi connectivity index (χ3n) is 6.31. The molecule has 1 heterocycles. The summed E-state index contributed by atoms with van der Waals surface area (Å²) in [7, 11) is 1.73. The van der Waals surface area contributed by atoms with Crippen LogP contribution in [0.25, 0.3) is 0 Å². The van der Waals surface area contributed by atoms with Gasteiger partial charge in [0.1, 0.15) is 0 Å². The highest BCUT2D eigenvalue weighted by atomic mass is 16.2. The molecular weight excluding hydrogens is 412 g/mol. The molecule has 6 heteroatoms. The zero-order valence-corrected chi connectivity index (χ0v) is 19.8. The number of carbonyl (C=O) groups is 2. The Bertz CT molecular complexity index is 1100. The minimum absolute atomic E-state index is 0.0343. The van der Waals surface area contributed by atoms with Gasteiger partial charge in [0.05, 0.1) is 11.4 Å². The number of benzene rings is 2. The SMILES string of the molecule is CN1C(=O)C(NC(=O)Nc2ccc(C(C)(C)C)cc2)N=C(C2CC=CCC2)c2ccccc21. The summed E-state index contributed by atoms with van der Waals surface area (Å²) in [4.78, 5) is 32.5. The molecule has 2 aromatic carbocycles. The van der Waals surface area contributed by atoms with E-state index in [1.54, 1.807) is 11.9 Å². The fraction of sp³-hybridized carbons (Fsp3) is 0.370. The monoisotopic (exact) mass is 444 g/mol. The molecule has 6 nitrogen and oxygen atoms in total. The lowest BCUT2D eigenvalue weighted by Gasteiger charge is -2.22. The van der Waals surface area contributed by atoms with Crippen LogP contribution >= 0.6 is 0 Å². The summed E-state index contributed by atoms with van der Waals surface area (Å²) >= 11 is 0. The first-order valence-electron chi connectivity index (χ1n) is 11.5. The van der Waals surface area contributed by atoms with Crippen molar-refractivity contribution in [2.24, 2.45) is 10.9 Å². The van der Waals surface area contributed by atoms with E-state index in [4.69, 9.17) is 4.99 Å². The Kier molecular flexibility index (Phi) is 6.36. The molecule has 2 unspecified atom stereocenters. The van der Waals surface area contributed by atoms with Crippen LogP contribution in [-0.4, -0.2) is 30.9 Å². The predicted octanol–water partition coefficient (Wildman–Crippen LogP) is 5.25. The normalized spacial score (nSPS) is 20.5. The van der Waals surface area contributed by atoms with Gasteiger partial charge in [-0.15, -0.1) is 0 Å². The first-order chi connectivity index (χ1) is 15.7. The summed E-state index contributed by atoms with van der Waals surface area (Å²) in [6.45, 7) is 6.43. The number of benzodiazepines with no additional fused rings is 1. The largest absolute Gasteiger partial charge is 0.321 e. The number of allylic oxidation sites excluding steroid dienone is 2. The van der Waals surface area contributed by atoms with Gasteiger partial charge in [-0.05, 0) is 48.4 Å². The fourth-order valence-corrected chi connectivity index (χ4v) is 4.35. The highest BCUT2D eigenvalue weighted by molar-refractivity contribution is 6.14. The minimum atomic E-state index is -0.989. The van der Waals surface area contributed by atoms with Crippen LogP contribution in [0.5, 0.6) is 0 Å². The third-order valence-corrected chi connectivity index (χ3v) is 6.31. The Labute approximate surface area is 195 Å². The van der Waals surface area contributed by atoms with Gasteiger partial charge in [-0.3, -0.25) is 9.79 Å². The molecule has 2 aromatic rings. The number of carbonyl (C=O) groups excluding carboxylic acids is 2. The molecule has 2 atom stereocenters. The molecule has 33 heavy (non-hydrogen) atoms. The Morgan fingerprint density at radius 2 is 1.79 bits per heavy atom. The average Bonchev–Trinajstić information content (AvgIpc) is 2.90. The van der Waals surface area contributed by atoms with Gasteiger partial charge >= 0.3 is 6.03 Å². The van der Waals surface area contributed by atoms with E-state index in [9.17, 15) is 9.59 Å². The van der Waals surface area contributed by atoms with E-state index in [-0.39, 0.29) is 17.2 Å². The molecule has 0 radical (unpaired) electrons. The molecule has 3 amide bonds. The first-order valence-corrected chi connectivity index (χ1v) is 11.5. The molecular formula is C27H32N4O2. The number of nitrogens with zero attached hydrogens (tertiary/aromatic N) is 2. The molecule has 0 saturated carbocycles. The molecule has 1 aliphatic heterocycles. The summed E-state index contributed by atoms with van der Waals surface area (Å²) in [6.07, 6.45) is 6.21. The molecule has 1 aliphatic carbocycles. The van der Waals surface area contributed by atoms with E-state index in [0.29, 0.717) is 5.69 Å². The number of para-hydroxylation sites is 1. The summed E-state index contributed by atoms with van der Waals surface area (Å²) in [5, 5.41) is 5.63.